The molecule has 1 unspecified atom stereocenters. The SMILES string of the molecule is CCCCCCCCCCC/C=C/C/C=C/CCCC(=O)OC[C@H](COP(=O)([O-])OCC[N+](C)(C)C)OC(=O)CCCCCCCCCCCCCCCCCCCCCCCC. The van der Waals surface area contributed by atoms with Crippen LogP contribution in [-0.2, 0) is 32.7 Å². The van der Waals surface area contributed by atoms with Crippen molar-refractivity contribution in [3.63, 3.8) is 0 Å². The van der Waals surface area contributed by atoms with Gasteiger partial charge < -0.3 is 27.9 Å². The van der Waals surface area contributed by atoms with E-state index in [-0.39, 0.29) is 26.1 Å². The van der Waals surface area contributed by atoms with E-state index in [1.165, 1.54) is 180 Å². The number of hydrogen-bond acceptors (Lipinski definition) is 8. The van der Waals surface area contributed by atoms with Gasteiger partial charge in [-0.1, -0.05) is 224 Å². The highest BCUT2D eigenvalue weighted by Crippen LogP contribution is 2.38. The average molecular weight is 912 g/mol. The molecule has 0 aromatic heterocycles. The number of allylic oxidation sites excluding steroid dienone is 4. The Morgan fingerprint density at radius 1 is 0.492 bits per heavy atom. The number of phosphoric ester groups is 1. The molecule has 2 atom stereocenters. The maximum Gasteiger partial charge on any atom is 0.306 e. The number of ether oxygens (including phenoxy) is 2. The van der Waals surface area contributed by atoms with Crippen LogP contribution in [0, 0.1) is 0 Å². The predicted molar refractivity (Wildman–Crippen MR) is 264 cm³/mol. The molecule has 0 amide bonds. The van der Waals surface area contributed by atoms with Gasteiger partial charge in [0.2, 0.25) is 0 Å². The molecule has 63 heavy (non-hydrogen) atoms. The summed E-state index contributed by atoms with van der Waals surface area (Å²) >= 11 is 0. The van der Waals surface area contributed by atoms with E-state index in [9.17, 15) is 19.0 Å². The molecule has 10 heteroatoms. The molecular weight excluding hydrogens is 810 g/mol. The van der Waals surface area contributed by atoms with Crippen LogP contribution in [0.1, 0.15) is 251 Å². The smallest absolute Gasteiger partial charge is 0.306 e. The van der Waals surface area contributed by atoms with Crippen molar-refractivity contribution in [2.45, 2.75) is 258 Å². The van der Waals surface area contributed by atoms with Crippen LogP contribution in [0.4, 0.5) is 0 Å². The number of rotatable bonds is 49. The molecule has 0 aromatic rings. The summed E-state index contributed by atoms with van der Waals surface area (Å²) in [6, 6.07) is 0. The van der Waals surface area contributed by atoms with E-state index < -0.39 is 32.5 Å². The summed E-state index contributed by atoms with van der Waals surface area (Å²) < 4.78 is 34.0. The third-order valence-electron chi connectivity index (χ3n) is 11.7. The van der Waals surface area contributed by atoms with E-state index in [0.717, 1.165) is 32.1 Å². The highest BCUT2D eigenvalue weighted by molar-refractivity contribution is 7.45. The molecule has 0 N–H and O–H groups in total. The molecule has 0 aliphatic carbocycles. The molecular formula is C53H102NO8P. The van der Waals surface area contributed by atoms with E-state index in [2.05, 4.69) is 38.2 Å². The average Bonchev–Trinajstić information content (AvgIpc) is 3.24. The van der Waals surface area contributed by atoms with Gasteiger partial charge in [0.05, 0.1) is 27.7 Å². The predicted octanol–water partition coefficient (Wildman–Crippen LogP) is 15.2. The second kappa shape index (κ2) is 45.6. The van der Waals surface area contributed by atoms with Crippen LogP contribution in [0.25, 0.3) is 0 Å². The van der Waals surface area contributed by atoms with Crippen molar-refractivity contribution in [2.75, 3.05) is 47.5 Å². The summed E-state index contributed by atoms with van der Waals surface area (Å²) in [7, 11) is 1.16. The molecule has 0 saturated carbocycles. The van der Waals surface area contributed by atoms with E-state index in [4.69, 9.17) is 18.5 Å². The maximum absolute atomic E-state index is 12.7. The highest BCUT2D eigenvalue weighted by Gasteiger charge is 2.21. The van der Waals surface area contributed by atoms with Gasteiger partial charge in [-0.3, -0.25) is 14.2 Å². The third kappa shape index (κ3) is 49.8. The molecule has 0 rings (SSSR count). The van der Waals surface area contributed by atoms with E-state index in [1.54, 1.807) is 0 Å². The standard InChI is InChI=1S/C53H102NO8P/c1-6-8-10-12-14-16-18-20-22-24-25-26-27-28-30-32-34-36-38-40-42-44-46-53(56)62-51(50-61-63(57,58)60-48-47-54(3,4)5)49-59-52(55)45-43-41-39-37-35-33-31-29-23-21-19-17-15-13-11-9-7-2/h31,33,37,39,51H,6-30,32,34-36,38,40-50H2,1-5H3/b33-31+,39-37+/t51-/m1/s1. The Bertz CT molecular complexity index is 1120. The number of phosphoric acid groups is 1. The molecule has 0 aliphatic heterocycles. The van der Waals surface area contributed by atoms with E-state index in [1.807, 2.05) is 21.1 Å². The number of quaternary nitrogens is 1. The quantitative estimate of drug-likeness (QED) is 0.0195. The Morgan fingerprint density at radius 3 is 1.30 bits per heavy atom. The van der Waals surface area contributed by atoms with Crippen LogP contribution < -0.4 is 4.89 Å². The number of hydrogen-bond donors (Lipinski definition) is 0. The van der Waals surface area contributed by atoms with Gasteiger partial charge in [0.1, 0.15) is 19.8 Å². The number of esters is 2. The van der Waals surface area contributed by atoms with Gasteiger partial charge in [0.25, 0.3) is 7.82 Å². The summed E-state index contributed by atoms with van der Waals surface area (Å²) in [6.07, 6.45) is 52.2. The lowest BCUT2D eigenvalue weighted by atomic mass is 10.0. The van der Waals surface area contributed by atoms with Gasteiger partial charge in [-0.25, -0.2) is 0 Å². The highest BCUT2D eigenvalue weighted by atomic mass is 31.2. The topological polar surface area (TPSA) is 111 Å². The molecule has 0 saturated heterocycles. The molecule has 0 heterocycles. The molecule has 0 aliphatic rings. The van der Waals surface area contributed by atoms with Gasteiger partial charge in [0, 0.05) is 12.8 Å². The Hall–Kier alpha value is -1.51. The Kier molecular flexibility index (Phi) is 44.5. The molecule has 372 valence electrons. The molecule has 9 nitrogen and oxygen atoms in total. The van der Waals surface area contributed by atoms with Crippen molar-refractivity contribution < 1.29 is 42.1 Å². The Labute approximate surface area is 389 Å². The number of carbonyl (C=O) groups excluding carboxylic acids is 2. The Balaban J connectivity index is 4.24. The summed E-state index contributed by atoms with van der Waals surface area (Å²) in [5.41, 5.74) is 0. The van der Waals surface area contributed by atoms with Gasteiger partial charge in [0.15, 0.2) is 6.10 Å². The summed E-state index contributed by atoms with van der Waals surface area (Å²) in [6.45, 7) is 4.23. The minimum atomic E-state index is -4.64. The molecule has 0 aromatic carbocycles. The first-order chi connectivity index (χ1) is 30.5. The zero-order valence-corrected chi connectivity index (χ0v) is 42.9. The lowest BCUT2D eigenvalue weighted by Gasteiger charge is -2.28. The summed E-state index contributed by atoms with van der Waals surface area (Å²) in [4.78, 5) is 37.7. The van der Waals surface area contributed by atoms with Gasteiger partial charge >= 0.3 is 11.9 Å². The first-order valence-electron chi connectivity index (χ1n) is 26.5. The molecule has 0 fully saturated rings. The zero-order chi connectivity index (χ0) is 46.4. The second-order valence-electron chi connectivity index (χ2n) is 19.2. The monoisotopic (exact) mass is 912 g/mol. The van der Waals surface area contributed by atoms with Crippen LogP contribution in [0.5, 0.6) is 0 Å². The largest absolute Gasteiger partial charge is 0.756 e. The molecule has 0 radical (unpaired) electrons. The first-order valence-corrected chi connectivity index (χ1v) is 28.0. The second-order valence-corrected chi connectivity index (χ2v) is 20.7. The normalized spacial score (nSPS) is 13.6. The van der Waals surface area contributed by atoms with Gasteiger partial charge in [-0.05, 0) is 38.5 Å². The number of unbranched alkanes of at least 4 members (excludes halogenated alkanes) is 31. The minimum Gasteiger partial charge on any atom is -0.756 e. The fraction of sp³-hybridized carbons (Fsp3) is 0.887. The lowest BCUT2D eigenvalue weighted by Crippen LogP contribution is -2.37. The lowest BCUT2D eigenvalue weighted by molar-refractivity contribution is -0.870. The van der Waals surface area contributed by atoms with Gasteiger partial charge in [-0.15, -0.1) is 0 Å². The van der Waals surface area contributed by atoms with E-state index in [0.29, 0.717) is 23.9 Å². The van der Waals surface area contributed by atoms with Crippen molar-refractivity contribution in [1.82, 2.24) is 0 Å². The number of carbonyl (C=O) groups is 2. The number of likely N-dealkylation sites (N-methyl/N-ethyl adjacent to an activating group) is 1. The van der Waals surface area contributed by atoms with Crippen molar-refractivity contribution >= 4 is 19.8 Å². The van der Waals surface area contributed by atoms with Crippen molar-refractivity contribution in [1.29, 1.82) is 0 Å². The number of nitrogens with zero attached hydrogens (tertiary/aromatic N) is 1. The van der Waals surface area contributed by atoms with Crippen LogP contribution in [0.2, 0.25) is 0 Å². The minimum absolute atomic E-state index is 0.0344. The summed E-state index contributed by atoms with van der Waals surface area (Å²) in [5, 5.41) is 0. The fourth-order valence-electron chi connectivity index (χ4n) is 7.58. The van der Waals surface area contributed by atoms with E-state index >= 15 is 0 Å². The summed E-state index contributed by atoms with van der Waals surface area (Å²) in [5.74, 6) is -0.874. The molecule has 0 bridgehead atoms. The maximum atomic E-state index is 12.7. The van der Waals surface area contributed by atoms with Crippen molar-refractivity contribution in [3.8, 4) is 0 Å². The molecule has 0 spiro atoms. The van der Waals surface area contributed by atoms with Crippen LogP contribution in [0.15, 0.2) is 24.3 Å². The first kappa shape index (κ1) is 61.5. The van der Waals surface area contributed by atoms with Crippen LogP contribution >= 0.6 is 7.82 Å². The van der Waals surface area contributed by atoms with Crippen molar-refractivity contribution in [3.05, 3.63) is 24.3 Å². The van der Waals surface area contributed by atoms with Crippen LogP contribution in [0.3, 0.4) is 0 Å². The third-order valence-corrected chi connectivity index (χ3v) is 12.7. The van der Waals surface area contributed by atoms with Gasteiger partial charge in [-0.2, -0.15) is 0 Å². The van der Waals surface area contributed by atoms with Crippen molar-refractivity contribution in [2.24, 2.45) is 0 Å². The van der Waals surface area contributed by atoms with Crippen LogP contribution in [-0.4, -0.2) is 70.0 Å². The Morgan fingerprint density at radius 2 is 0.873 bits per heavy atom. The fourth-order valence-corrected chi connectivity index (χ4v) is 8.31. The zero-order valence-electron chi connectivity index (χ0n) is 42.0.